The Kier molecular flexibility index (Phi) is 9.73. The monoisotopic (exact) mass is 500 g/mol. The number of likely N-dealkylation sites (tertiary alicyclic amines) is 1. The maximum atomic E-state index is 13.6. The highest BCUT2D eigenvalue weighted by Crippen LogP contribution is 2.32. The highest BCUT2D eigenvalue weighted by atomic mass is 19.4. The van der Waals surface area contributed by atoms with Gasteiger partial charge in [0.1, 0.15) is 42.7 Å². The van der Waals surface area contributed by atoms with Crippen molar-refractivity contribution in [2.24, 2.45) is 0 Å². The molecule has 0 aromatic heterocycles. The van der Waals surface area contributed by atoms with Crippen LogP contribution in [0.5, 0.6) is 11.5 Å². The van der Waals surface area contributed by atoms with E-state index >= 15 is 0 Å². The van der Waals surface area contributed by atoms with Gasteiger partial charge in [0.2, 0.25) is 0 Å². The first kappa shape index (κ1) is 27.2. The molecule has 35 heavy (non-hydrogen) atoms. The predicted molar refractivity (Wildman–Crippen MR) is 123 cm³/mol. The number of hydrogen-bond acceptors (Lipinski definition) is 6. The molecule has 2 aromatic carbocycles. The molecule has 3 N–H and O–H groups in total. The SMILES string of the molecule is Cc1ccc(OC[C@@H](O)CNC2CCN(C[C@H](O)COc3ccc(C(F)(F)F)c(F)c3)CC2)cc1. The Labute approximate surface area is 202 Å². The molecule has 0 spiro atoms. The summed E-state index contributed by atoms with van der Waals surface area (Å²) in [7, 11) is 0. The van der Waals surface area contributed by atoms with Crippen LogP contribution < -0.4 is 14.8 Å². The normalized spacial score (nSPS) is 17.2. The van der Waals surface area contributed by atoms with Crippen molar-refractivity contribution in [2.75, 3.05) is 39.4 Å². The molecule has 0 radical (unpaired) electrons. The lowest BCUT2D eigenvalue weighted by atomic mass is 10.0. The smallest absolute Gasteiger partial charge is 0.419 e. The minimum absolute atomic E-state index is 0.0672. The van der Waals surface area contributed by atoms with Gasteiger partial charge in [-0.15, -0.1) is 0 Å². The Morgan fingerprint density at radius 3 is 2.20 bits per heavy atom. The molecule has 0 unspecified atom stereocenters. The van der Waals surface area contributed by atoms with Crippen molar-refractivity contribution in [1.29, 1.82) is 0 Å². The fourth-order valence-corrected chi connectivity index (χ4v) is 3.87. The van der Waals surface area contributed by atoms with Gasteiger partial charge in [0.15, 0.2) is 0 Å². The lowest BCUT2D eigenvalue weighted by Gasteiger charge is -2.33. The van der Waals surface area contributed by atoms with Gasteiger partial charge in [-0.1, -0.05) is 17.7 Å². The molecular weight excluding hydrogens is 468 g/mol. The van der Waals surface area contributed by atoms with Crippen molar-refractivity contribution in [2.45, 2.75) is 44.2 Å². The molecule has 0 amide bonds. The number of ether oxygens (including phenoxy) is 2. The van der Waals surface area contributed by atoms with Crippen LogP contribution in [0.3, 0.4) is 0 Å². The van der Waals surface area contributed by atoms with Crippen LogP contribution in [0, 0.1) is 12.7 Å². The molecule has 1 heterocycles. The summed E-state index contributed by atoms with van der Waals surface area (Å²) in [5, 5.41) is 23.7. The zero-order chi connectivity index (χ0) is 25.4. The molecule has 2 atom stereocenters. The number of piperidine rings is 1. The van der Waals surface area contributed by atoms with Crippen molar-refractivity contribution in [3.8, 4) is 11.5 Å². The minimum atomic E-state index is -4.77. The molecule has 1 aliphatic heterocycles. The summed E-state index contributed by atoms with van der Waals surface area (Å²) >= 11 is 0. The maximum Gasteiger partial charge on any atom is 0.419 e. The summed E-state index contributed by atoms with van der Waals surface area (Å²) < 4.78 is 62.4. The quantitative estimate of drug-likeness (QED) is 0.411. The number of benzene rings is 2. The number of β-amino-alcohol motifs (C(OH)–C–C–N with tert-alkyl or cyclic N) is 1. The average Bonchev–Trinajstić information content (AvgIpc) is 2.81. The fraction of sp³-hybridized carbons (Fsp3) is 0.520. The number of rotatable bonds is 11. The first-order valence-corrected chi connectivity index (χ1v) is 11.6. The molecule has 3 rings (SSSR count). The van der Waals surface area contributed by atoms with Gasteiger partial charge in [-0.25, -0.2) is 4.39 Å². The van der Waals surface area contributed by atoms with E-state index in [1.807, 2.05) is 31.2 Å². The van der Waals surface area contributed by atoms with Crippen LogP contribution in [0.2, 0.25) is 0 Å². The maximum absolute atomic E-state index is 13.6. The molecule has 1 aliphatic rings. The van der Waals surface area contributed by atoms with E-state index in [-0.39, 0.29) is 25.0 Å². The van der Waals surface area contributed by atoms with Gasteiger partial charge in [-0.3, -0.25) is 0 Å². The molecule has 0 aliphatic carbocycles. The van der Waals surface area contributed by atoms with Gasteiger partial charge in [-0.2, -0.15) is 13.2 Å². The van der Waals surface area contributed by atoms with Crippen molar-refractivity contribution in [3.05, 3.63) is 59.4 Å². The molecule has 2 aromatic rings. The van der Waals surface area contributed by atoms with Crippen LogP contribution in [0.4, 0.5) is 17.6 Å². The Balaban J connectivity index is 1.30. The number of alkyl halides is 3. The number of hydrogen-bond donors (Lipinski definition) is 3. The van der Waals surface area contributed by atoms with E-state index < -0.39 is 29.8 Å². The molecule has 1 saturated heterocycles. The molecular formula is C25H32F4N2O4. The van der Waals surface area contributed by atoms with Gasteiger partial charge in [0.25, 0.3) is 0 Å². The third-order valence-corrected chi connectivity index (χ3v) is 5.85. The third kappa shape index (κ3) is 8.96. The van der Waals surface area contributed by atoms with E-state index in [0.717, 1.165) is 37.6 Å². The van der Waals surface area contributed by atoms with Crippen molar-refractivity contribution in [1.82, 2.24) is 10.2 Å². The lowest BCUT2D eigenvalue weighted by Crippen LogP contribution is -2.47. The van der Waals surface area contributed by atoms with Gasteiger partial charge in [0, 0.05) is 25.2 Å². The fourth-order valence-electron chi connectivity index (χ4n) is 3.87. The van der Waals surface area contributed by atoms with Crippen molar-refractivity contribution >= 4 is 0 Å². The number of aryl methyl sites for hydroxylation is 1. The van der Waals surface area contributed by atoms with Crippen LogP contribution in [0.25, 0.3) is 0 Å². The minimum Gasteiger partial charge on any atom is -0.491 e. The predicted octanol–water partition coefficient (Wildman–Crippen LogP) is 3.39. The second-order valence-corrected chi connectivity index (χ2v) is 8.87. The number of aliphatic hydroxyl groups excluding tert-OH is 2. The van der Waals surface area contributed by atoms with Crippen LogP contribution in [0.1, 0.15) is 24.0 Å². The number of aliphatic hydroxyl groups is 2. The molecule has 6 nitrogen and oxygen atoms in total. The van der Waals surface area contributed by atoms with Crippen LogP contribution in [-0.2, 0) is 6.18 Å². The van der Waals surface area contributed by atoms with E-state index in [4.69, 9.17) is 9.47 Å². The largest absolute Gasteiger partial charge is 0.491 e. The summed E-state index contributed by atoms with van der Waals surface area (Å²) in [6, 6.07) is 10.2. The Hall–Kier alpha value is -2.40. The van der Waals surface area contributed by atoms with Gasteiger partial charge >= 0.3 is 6.18 Å². The Morgan fingerprint density at radius 2 is 1.57 bits per heavy atom. The second kappa shape index (κ2) is 12.5. The van der Waals surface area contributed by atoms with Crippen LogP contribution in [0.15, 0.2) is 42.5 Å². The summed E-state index contributed by atoms with van der Waals surface area (Å²) in [6.07, 6.45) is -4.60. The summed E-state index contributed by atoms with van der Waals surface area (Å²) in [6.45, 7) is 4.26. The van der Waals surface area contributed by atoms with Crippen LogP contribution in [-0.4, -0.2) is 72.8 Å². The molecule has 194 valence electrons. The van der Waals surface area contributed by atoms with E-state index in [0.29, 0.717) is 31.0 Å². The highest BCUT2D eigenvalue weighted by Gasteiger charge is 2.34. The van der Waals surface area contributed by atoms with E-state index in [1.165, 1.54) is 0 Å². The molecule has 10 heteroatoms. The zero-order valence-electron chi connectivity index (χ0n) is 19.6. The number of nitrogens with zero attached hydrogens (tertiary/aromatic N) is 1. The lowest BCUT2D eigenvalue weighted by molar-refractivity contribution is -0.140. The van der Waals surface area contributed by atoms with Crippen molar-refractivity contribution < 1.29 is 37.2 Å². The van der Waals surface area contributed by atoms with E-state index in [1.54, 1.807) is 0 Å². The Bertz CT molecular complexity index is 919. The topological polar surface area (TPSA) is 74.2 Å². The number of halogens is 4. The summed E-state index contributed by atoms with van der Waals surface area (Å²) in [5.41, 5.74) is -0.214. The first-order valence-electron chi connectivity index (χ1n) is 11.6. The Morgan fingerprint density at radius 1 is 0.971 bits per heavy atom. The zero-order valence-corrected chi connectivity index (χ0v) is 19.6. The van der Waals surface area contributed by atoms with Gasteiger partial charge in [-0.05, 0) is 57.1 Å². The highest BCUT2D eigenvalue weighted by molar-refractivity contribution is 5.30. The van der Waals surface area contributed by atoms with Gasteiger partial charge < -0.3 is 29.9 Å². The molecule has 0 saturated carbocycles. The summed E-state index contributed by atoms with van der Waals surface area (Å²) in [5.74, 6) is -0.762. The standard InChI is InChI=1S/C25H32F4N2O4/c1-17-2-4-21(5-3-17)34-15-19(32)13-30-18-8-10-31(11-9-18)14-20(33)16-35-22-6-7-23(24(26)12-22)25(27,28)29/h2-7,12,18-20,30,32-33H,8-11,13-16H2,1H3/t19-,20-/m0/s1. The second-order valence-electron chi connectivity index (χ2n) is 8.87. The van der Waals surface area contributed by atoms with E-state index in [2.05, 4.69) is 10.2 Å². The molecule has 0 bridgehead atoms. The van der Waals surface area contributed by atoms with Crippen LogP contribution >= 0.6 is 0 Å². The van der Waals surface area contributed by atoms with Gasteiger partial charge in [0.05, 0.1) is 5.56 Å². The summed E-state index contributed by atoms with van der Waals surface area (Å²) in [4.78, 5) is 2.07. The third-order valence-electron chi connectivity index (χ3n) is 5.85. The number of nitrogens with one attached hydrogen (secondary N) is 1. The van der Waals surface area contributed by atoms with Crippen molar-refractivity contribution in [3.63, 3.8) is 0 Å². The average molecular weight is 501 g/mol. The van der Waals surface area contributed by atoms with E-state index in [9.17, 15) is 27.8 Å². The molecule has 1 fully saturated rings. The first-order chi connectivity index (χ1) is 16.6.